The second-order valence-corrected chi connectivity index (χ2v) is 8.27. The van der Waals surface area contributed by atoms with E-state index in [4.69, 9.17) is 0 Å². The fourth-order valence-electron chi connectivity index (χ4n) is 5.21. The van der Waals surface area contributed by atoms with Gasteiger partial charge in [-0.15, -0.1) is 4.58 Å². The number of quaternary nitrogens is 1. The van der Waals surface area contributed by atoms with Crippen LogP contribution in [0.25, 0.3) is 11.1 Å². The van der Waals surface area contributed by atoms with E-state index in [1.165, 1.54) is 0 Å². The van der Waals surface area contributed by atoms with Gasteiger partial charge in [0.15, 0.2) is 5.26 Å². The largest absolute Gasteiger partial charge is 0.463 e. The van der Waals surface area contributed by atoms with E-state index in [9.17, 15) is 14.0 Å². The first-order valence-corrected chi connectivity index (χ1v) is 10.4. The molecule has 0 bridgehead atoms. The van der Waals surface area contributed by atoms with Crippen LogP contribution in [0.1, 0.15) is 38.5 Å². The van der Waals surface area contributed by atoms with Crippen LogP contribution in [0, 0.1) is 11.5 Å². The van der Waals surface area contributed by atoms with Crippen LogP contribution in [0.15, 0.2) is 54.6 Å². The van der Waals surface area contributed by atoms with Gasteiger partial charge >= 0.3 is 6.19 Å². The number of halogens is 2. The zero-order valence-electron chi connectivity index (χ0n) is 16.8. The Balaban J connectivity index is 1.77. The van der Waals surface area contributed by atoms with Crippen molar-refractivity contribution in [3.8, 4) is 17.3 Å². The average molecular weight is 395 g/mol. The van der Waals surface area contributed by atoms with E-state index < -0.39 is 5.92 Å². The zero-order chi connectivity index (χ0) is 20.5. The van der Waals surface area contributed by atoms with E-state index in [0.29, 0.717) is 17.3 Å². The van der Waals surface area contributed by atoms with E-state index in [-0.39, 0.29) is 18.9 Å². The van der Waals surface area contributed by atoms with Gasteiger partial charge in [0.2, 0.25) is 5.92 Å². The number of alkyl halides is 2. The summed E-state index contributed by atoms with van der Waals surface area (Å²) < 4.78 is 30.0. The zero-order valence-corrected chi connectivity index (χ0v) is 16.8. The molecule has 2 aliphatic rings. The molecule has 1 unspecified atom stereocenters. The Bertz CT molecular complexity index is 934. The molecule has 29 heavy (non-hydrogen) atoms. The summed E-state index contributed by atoms with van der Waals surface area (Å²) in [5, 5.41) is 9.57. The van der Waals surface area contributed by atoms with Gasteiger partial charge in [-0.3, -0.25) is 0 Å². The maximum Gasteiger partial charge on any atom is 0.463 e. The molecule has 4 rings (SSSR count). The Morgan fingerprint density at radius 1 is 1.00 bits per heavy atom. The minimum Gasteiger partial charge on any atom is -0.225 e. The molecule has 1 saturated carbocycles. The van der Waals surface area contributed by atoms with E-state index in [2.05, 4.69) is 42.6 Å². The lowest BCUT2D eigenvalue weighted by Crippen LogP contribution is -2.61. The molecule has 1 aliphatic heterocycles. The Morgan fingerprint density at radius 3 is 2.24 bits per heavy atom. The Hall–Kier alpha value is -2.58. The third-order valence-electron chi connectivity index (χ3n) is 6.65. The van der Waals surface area contributed by atoms with Crippen LogP contribution in [-0.4, -0.2) is 36.0 Å². The molecular formula is C24H27F2N3+2. The van der Waals surface area contributed by atoms with Gasteiger partial charge in [-0.1, -0.05) is 30.3 Å². The fourth-order valence-corrected chi connectivity index (χ4v) is 5.21. The van der Waals surface area contributed by atoms with Gasteiger partial charge in [-0.05, 0) is 23.3 Å². The summed E-state index contributed by atoms with van der Waals surface area (Å²) in [5.41, 5.74) is 3.40. The van der Waals surface area contributed by atoms with Crippen LogP contribution in [0.5, 0.6) is 0 Å². The highest BCUT2D eigenvalue weighted by atomic mass is 19.3. The maximum absolute atomic E-state index is 13.9. The van der Waals surface area contributed by atoms with Gasteiger partial charge in [-0.25, -0.2) is 13.3 Å². The molecule has 3 nitrogen and oxygen atoms in total. The van der Waals surface area contributed by atoms with Crippen molar-refractivity contribution in [2.24, 2.45) is 0 Å². The molecule has 5 heteroatoms. The lowest BCUT2D eigenvalue weighted by Gasteiger charge is -2.42. The quantitative estimate of drug-likeness (QED) is 0.289. The number of nitriles is 1. The third-order valence-corrected chi connectivity index (χ3v) is 6.65. The van der Waals surface area contributed by atoms with Gasteiger partial charge in [0.25, 0.3) is 5.84 Å². The normalized spacial score (nSPS) is 26.1. The molecule has 0 spiro atoms. The summed E-state index contributed by atoms with van der Waals surface area (Å²) in [4.78, 5) is 0. The van der Waals surface area contributed by atoms with Crippen LogP contribution in [0.3, 0.4) is 0 Å². The van der Waals surface area contributed by atoms with Crippen LogP contribution >= 0.6 is 0 Å². The minimum atomic E-state index is -2.56. The fraction of sp³-hybridized carbons (Fsp3) is 0.417. The summed E-state index contributed by atoms with van der Waals surface area (Å²) in [7, 11) is 1.80. The van der Waals surface area contributed by atoms with Gasteiger partial charge in [0.1, 0.15) is 11.7 Å². The second kappa shape index (κ2) is 7.68. The second-order valence-electron chi connectivity index (χ2n) is 8.27. The number of nitrogens with zero attached hydrogens (tertiary/aromatic N) is 3. The van der Waals surface area contributed by atoms with Crippen LogP contribution in [0.2, 0.25) is 0 Å². The topological polar surface area (TPSA) is 26.8 Å². The SMILES string of the molecule is C[N+](C#N)=C1CCC[N+]1(c1ccc(-c2ccccc2)cc1)C1CCC(F)(F)CC1. The predicted molar refractivity (Wildman–Crippen MR) is 112 cm³/mol. The number of hydrogen-bond donors (Lipinski definition) is 0. The van der Waals surface area contributed by atoms with E-state index in [1.54, 1.807) is 11.6 Å². The van der Waals surface area contributed by atoms with Crippen molar-refractivity contribution in [3.63, 3.8) is 0 Å². The van der Waals surface area contributed by atoms with Crippen molar-refractivity contribution in [2.75, 3.05) is 13.6 Å². The van der Waals surface area contributed by atoms with Crippen LogP contribution in [0.4, 0.5) is 14.5 Å². The molecule has 0 radical (unpaired) electrons. The highest BCUT2D eigenvalue weighted by Gasteiger charge is 2.53. The summed E-state index contributed by atoms with van der Waals surface area (Å²) in [5.74, 6) is -1.52. The van der Waals surface area contributed by atoms with Crippen molar-refractivity contribution in [3.05, 3.63) is 54.6 Å². The smallest absolute Gasteiger partial charge is 0.225 e. The number of hydrogen-bond acceptors (Lipinski definition) is 1. The van der Waals surface area contributed by atoms with Crippen molar-refractivity contribution < 1.29 is 13.4 Å². The van der Waals surface area contributed by atoms with Gasteiger partial charge < -0.3 is 0 Å². The molecule has 1 saturated heterocycles. The molecule has 0 aromatic heterocycles. The number of rotatable bonds is 3. The van der Waals surface area contributed by atoms with Gasteiger partial charge in [-0.2, -0.15) is 0 Å². The molecule has 1 heterocycles. The standard InChI is InChI=1S/C24H27F2N3/c1-28(18-27)23-8-5-17-29(23,22-13-15-24(25,26)16-14-22)21-11-9-20(10-12-21)19-6-3-2-4-7-19/h2-4,6-7,9-12,22H,5,8,13-17H2,1H3/q+2. The highest BCUT2D eigenvalue weighted by Crippen LogP contribution is 2.43. The van der Waals surface area contributed by atoms with E-state index in [1.807, 2.05) is 18.2 Å². The summed E-state index contributed by atoms with van der Waals surface area (Å²) >= 11 is 0. The van der Waals surface area contributed by atoms with Gasteiger partial charge in [0.05, 0.1) is 20.0 Å². The molecule has 150 valence electrons. The molecule has 1 aliphatic carbocycles. The van der Waals surface area contributed by atoms with Crippen molar-refractivity contribution in [1.82, 2.24) is 4.48 Å². The van der Waals surface area contributed by atoms with E-state index >= 15 is 0 Å². The van der Waals surface area contributed by atoms with E-state index in [0.717, 1.165) is 42.0 Å². The van der Waals surface area contributed by atoms with Crippen molar-refractivity contribution >= 4 is 11.5 Å². The lowest BCUT2D eigenvalue weighted by atomic mass is 9.89. The summed E-state index contributed by atoms with van der Waals surface area (Å²) in [6.45, 7) is 0.863. The molecular weight excluding hydrogens is 368 g/mol. The lowest BCUT2D eigenvalue weighted by molar-refractivity contribution is -0.410. The van der Waals surface area contributed by atoms with Crippen molar-refractivity contribution in [2.45, 2.75) is 50.5 Å². The molecule has 2 aromatic carbocycles. The molecule has 0 amide bonds. The number of likely N-dealkylation sites (tertiary alicyclic amines) is 1. The van der Waals surface area contributed by atoms with Crippen molar-refractivity contribution in [1.29, 1.82) is 5.26 Å². The minimum absolute atomic E-state index is 0.0662. The molecule has 2 aromatic rings. The number of amidine groups is 1. The number of benzene rings is 2. The molecule has 0 N–H and O–H groups in total. The maximum atomic E-state index is 13.9. The molecule has 2 fully saturated rings. The average Bonchev–Trinajstić information content (AvgIpc) is 3.20. The Kier molecular flexibility index (Phi) is 5.23. The Morgan fingerprint density at radius 2 is 1.62 bits per heavy atom. The van der Waals surface area contributed by atoms with Crippen LogP contribution < -0.4 is 4.48 Å². The third kappa shape index (κ3) is 3.58. The van der Waals surface area contributed by atoms with Crippen LogP contribution in [-0.2, 0) is 0 Å². The monoisotopic (exact) mass is 395 g/mol. The molecule has 1 atom stereocenters. The summed E-state index contributed by atoms with van der Waals surface area (Å²) in [6, 6.07) is 18.8. The first-order chi connectivity index (χ1) is 14.0. The first kappa shape index (κ1) is 19.7. The Labute approximate surface area is 171 Å². The first-order valence-electron chi connectivity index (χ1n) is 10.4. The predicted octanol–water partition coefficient (Wildman–Crippen LogP) is 5.55. The highest BCUT2D eigenvalue weighted by molar-refractivity contribution is 5.92. The summed E-state index contributed by atoms with van der Waals surface area (Å²) in [6.07, 6.45) is 4.89. The van der Waals surface area contributed by atoms with Gasteiger partial charge in [0, 0.05) is 44.2 Å².